The van der Waals surface area contributed by atoms with E-state index in [4.69, 9.17) is 10.7 Å². The van der Waals surface area contributed by atoms with E-state index in [9.17, 15) is 0 Å². The number of nitrogen functional groups attached to an aromatic ring is 1. The van der Waals surface area contributed by atoms with Crippen LogP contribution in [0.4, 0.5) is 10.3 Å². The lowest BCUT2D eigenvalue weighted by atomic mass is 9.88. The number of imidazole rings is 1. The number of alkyl halides is 1. The van der Waals surface area contributed by atoms with Crippen molar-refractivity contribution in [2.24, 2.45) is 0 Å². The lowest BCUT2D eigenvalue weighted by Gasteiger charge is -2.43. The highest BCUT2D eigenvalue weighted by Gasteiger charge is 2.40. The average molecular weight is 511 g/mol. The molecular formula is C26H35FN8S. The Morgan fingerprint density at radius 1 is 1.17 bits per heavy atom. The Morgan fingerprint density at radius 2 is 1.89 bits per heavy atom. The average Bonchev–Trinajstić information content (AvgIpc) is 3.28. The van der Waals surface area contributed by atoms with Crippen molar-refractivity contribution in [2.75, 3.05) is 37.7 Å². The molecule has 2 fully saturated rings. The maximum Gasteiger partial charge on any atom is 0.219 e. The molecule has 3 aromatic heterocycles. The van der Waals surface area contributed by atoms with E-state index in [0.717, 1.165) is 60.0 Å². The summed E-state index contributed by atoms with van der Waals surface area (Å²) in [6.45, 7) is 10.1. The SMILES string of the molecule is C=C(N1CCC(n2c(SCCC)nc3cccnc32)CC1)C1(F)CCN(Cc2cnc(N)nc2)CC1. The van der Waals surface area contributed by atoms with Crippen molar-refractivity contribution >= 4 is 28.9 Å². The topological polar surface area (TPSA) is 89.0 Å². The number of nitrogens with zero attached hydrogens (tertiary/aromatic N) is 7. The third-order valence-electron chi connectivity index (χ3n) is 7.36. The lowest BCUT2D eigenvalue weighted by Crippen LogP contribution is -2.47. The quantitative estimate of drug-likeness (QED) is 0.445. The first-order valence-corrected chi connectivity index (χ1v) is 13.8. The van der Waals surface area contributed by atoms with E-state index < -0.39 is 5.67 Å². The number of halogens is 1. The summed E-state index contributed by atoms with van der Waals surface area (Å²) in [4.78, 5) is 22.0. The minimum absolute atomic E-state index is 0.272. The van der Waals surface area contributed by atoms with E-state index in [-0.39, 0.29) is 5.95 Å². The smallest absolute Gasteiger partial charge is 0.219 e. The molecule has 0 saturated carbocycles. The number of anilines is 1. The van der Waals surface area contributed by atoms with Crippen LogP contribution in [0.3, 0.4) is 0 Å². The van der Waals surface area contributed by atoms with Crippen LogP contribution in [0, 0.1) is 0 Å². The zero-order valence-electron chi connectivity index (χ0n) is 20.9. The normalized spacial score (nSPS) is 19.1. The van der Waals surface area contributed by atoms with E-state index in [2.05, 4.69) is 42.8 Å². The van der Waals surface area contributed by atoms with Gasteiger partial charge in [0, 0.05) is 74.4 Å². The fourth-order valence-corrected chi connectivity index (χ4v) is 6.19. The van der Waals surface area contributed by atoms with Crippen LogP contribution < -0.4 is 5.73 Å². The van der Waals surface area contributed by atoms with Gasteiger partial charge in [-0.05, 0) is 44.2 Å². The van der Waals surface area contributed by atoms with Gasteiger partial charge in [-0.15, -0.1) is 0 Å². The Balaban J connectivity index is 1.19. The van der Waals surface area contributed by atoms with Crippen molar-refractivity contribution in [3.63, 3.8) is 0 Å². The molecule has 5 heterocycles. The number of nitrogens with two attached hydrogens (primary N) is 1. The second kappa shape index (κ2) is 10.7. The number of thioether (sulfide) groups is 1. The summed E-state index contributed by atoms with van der Waals surface area (Å²) in [5.41, 5.74) is 7.76. The van der Waals surface area contributed by atoms with Crippen LogP contribution in [0.2, 0.25) is 0 Å². The molecule has 0 unspecified atom stereocenters. The van der Waals surface area contributed by atoms with Gasteiger partial charge in [0.15, 0.2) is 16.5 Å². The van der Waals surface area contributed by atoms with E-state index in [0.29, 0.717) is 44.2 Å². The highest BCUT2D eigenvalue weighted by molar-refractivity contribution is 7.99. The molecule has 3 aromatic rings. The van der Waals surface area contributed by atoms with Crippen LogP contribution >= 0.6 is 11.8 Å². The molecule has 192 valence electrons. The second-order valence-corrected chi connectivity index (χ2v) is 10.9. The van der Waals surface area contributed by atoms with Gasteiger partial charge >= 0.3 is 0 Å². The van der Waals surface area contributed by atoms with Crippen LogP contribution in [-0.2, 0) is 6.54 Å². The minimum atomic E-state index is -1.35. The van der Waals surface area contributed by atoms with Gasteiger partial charge in [0.25, 0.3) is 0 Å². The van der Waals surface area contributed by atoms with Crippen molar-refractivity contribution in [1.29, 1.82) is 0 Å². The van der Waals surface area contributed by atoms with Crippen LogP contribution in [0.5, 0.6) is 0 Å². The van der Waals surface area contributed by atoms with Gasteiger partial charge in [-0.25, -0.2) is 24.3 Å². The summed E-state index contributed by atoms with van der Waals surface area (Å²) >= 11 is 1.80. The molecule has 2 N–H and O–H groups in total. The van der Waals surface area contributed by atoms with Crippen molar-refractivity contribution in [3.05, 3.63) is 48.6 Å². The maximum atomic E-state index is 16.1. The Kier molecular flexibility index (Phi) is 7.43. The molecule has 0 spiro atoms. The van der Waals surface area contributed by atoms with Crippen LogP contribution in [0.25, 0.3) is 11.2 Å². The van der Waals surface area contributed by atoms with Gasteiger partial charge in [-0.1, -0.05) is 25.3 Å². The number of aromatic nitrogens is 5. The van der Waals surface area contributed by atoms with Crippen molar-refractivity contribution in [2.45, 2.75) is 62.4 Å². The Labute approximate surface area is 216 Å². The van der Waals surface area contributed by atoms with Gasteiger partial charge < -0.3 is 15.2 Å². The molecule has 10 heteroatoms. The van der Waals surface area contributed by atoms with Gasteiger partial charge in [0.05, 0.1) is 0 Å². The molecule has 5 rings (SSSR count). The molecule has 0 aromatic carbocycles. The summed E-state index contributed by atoms with van der Waals surface area (Å²) in [5.74, 6) is 1.31. The van der Waals surface area contributed by atoms with E-state index in [1.165, 1.54) is 0 Å². The molecule has 0 aliphatic carbocycles. The molecule has 0 radical (unpaired) electrons. The van der Waals surface area contributed by atoms with Crippen molar-refractivity contribution < 1.29 is 4.39 Å². The Bertz CT molecular complexity index is 1180. The number of pyridine rings is 1. The van der Waals surface area contributed by atoms with Gasteiger partial charge in [0.1, 0.15) is 5.52 Å². The number of hydrogen-bond acceptors (Lipinski definition) is 8. The lowest BCUT2D eigenvalue weighted by molar-refractivity contribution is 0.0519. The van der Waals surface area contributed by atoms with Crippen molar-refractivity contribution in [3.8, 4) is 0 Å². The summed E-state index contributed by atoms with van der Waals surface area (Å²) in [6.07, 6.45) is 9.20. The molecule has 2 aliphatic rings. The third kappa shape index (κ3) is 5.20. The fraction of sp³-hybridized carbons (Fsp3) is 0.538. The summed E-state index contributed by atoms with van der Waals surface area (Å²) in [7, 11) is 0. The first-order chi connectivity index (χ1) is 17.5. The molecule has 2 aliphatic heterocycles. The molecule has 36 heavy (non-hydrogen) atoms. The minimum Gasteiger partial charge on any atom is -0.373 e. The number of piperidine rings is 2. The molecule has 0 amide bonds. The second-order valence-electron chi connectivity index (χ2n) is 9.81. The molecule has 0 bridgehead atoms. The van der Waals surface area contributed by atoms with Gasteiger partial charge in [-0.2, -0.15) is 0 Å². The van der Waals surface area contributed by atoms with Gasteiger partial charge in [0.2, 0.25) is 5.95 Å². The predicted octanol–water partition coefficient (Wildman–Crippen LogP) is 4.46. The third-order valence-corrected chi connectivity index (χ3v) is 8.52. The first kappa shape index (κ1) is 25.0. The molecule has 0 atom stereocenters. The largest absolute Gasteiger partial charge is 0.373 e. The first-order valence-electron chi connectivity index (χ1n) is 12.8. The van der Waals surface area contributed by atoms with Crippen LogP contribution in [0.15, 0.2) is 48.2 Å². The standard InChI is InChI=1S/C26H35FN8S/c1-3-15-36-25-32-22-5-4-10-29-23(22)35(25)21-6-11-34(12-7-21)19(2)26(27)8-13-33(14-9-26)18-20-16-30-24(28)31-17-20/h4-5,10,16-17,21H,2-3,6-9,11-15,18H2,1H3,(H2,28,30,31). The highest BCUT2D eigenvalue weighted by atomic mass is 32.2. The summed E-state index contributed by atoms with van der Waals surface area (Å²) in [6, 6.07) is 4.29. The molecule has 8 nitrogen and oxygen atoms in total. The van der Waals surface area contributed by atoms with E-state index >= 15 is 4.39 Å². The predicted molar refractivity (Wildman–Crippen MR) is 142 cm³/mol. The Hall–Kier alpha value is -2.72. The zero-order valence-corrected chi connectivity index (χ0v) is 21.8. The number of allylic oxidation sites excluding steroid dienone is 1. The molecule has 2 saturated heterocycles. The molecular weight excluding hydrogens is 475 g/mol. The highest BCUT2D eigenvalue weighted by Crippen LogP contribution is 2.39. The fourth-order valence-electron chi connectivity index (χ4n) is 5.27. The van der Waals surface area contributed by atoms with Crippen LogP contribution in [0.1, 0.15) is 50.6 Å². The van der Waals surface area contributed by atoms with E-state index in [1.807, 2.05) is 18.3 Å². The summed E-state index contributed by atoms with van der Waals surface area (Å²) < 4.78 is 18.4. The zero-order chi connectivity index (χ0) is 25.1. The summed E-state index contributed by atoms with van der Waals surface area (Å²) in [5, 5.41) is 1.05. The monoisotopic (exact) mass is 510 g/mol. The maximum absolute atomic E-state index is 16.1. The number of rotatable bonds is 8. The number of hydrogen-bond donors (Lipinski definition) is 1. The number of fused-ring (bicyclic) bond motifs is 1. The number of likely N-dealkylation sites (tertiary alicyclic amines) is 2. The van der Waals surface area contributed by atoms with Crippen molar-refractivity contribution in [1.82, 2.24) is 34.3 Å². The Morgan fingerprint density at radius 3 is 2.58 bits per heavy atom. The van der Waals surface area contributed by atoms with Gasteiger partial charge in [-0.3, -0.25) is 4.90 Å². The van der Waals surface area contributed by atoms with Crippen LogP contribution in [-0.4, -0.2) is 71.9 Å². The van der Waals surface area contributed by atoms with E-state index in [1.54, 1.807) is 24.2 Å².